The van der Waals surface area contributed by atoms with Crippen LogP contribution >= 0.6 is 15.9 Å². The molecular formula is C16H22BrNO3. The Morgan fingerprint density at radius 1 is 1.48 bits per heavy atom. The van der Waals surface area contributed by atoms with Crippen LogP contribution in [0.4, 0.5) is 0 Å². The number of aliphatic hydroxyl groups is 1. The minimum atomic E-state index is -0.177. The van der Waals surface area contributed by atoms with Crippen molar-refractivity contribution in [1.29, 1.82) is 0 Å². The molecule has 0 aliphatic heterocycles. The number of methoxy groups -OCH3 is 1. The third-order valence-electron chi connectivity index (χ3n) is 3.18. The maximum absolute atomic E-state index is 12.0. The predicted octanol–water partition coefficient (Wildman–Crippen LogP) is 2.99. The van der Waals surface area contributed by atoms with E-state index in [1.807, 2.05) is 32.0 Å². The zero-order chi connectivity index (χ0) is 15.8. The molecule has 1 aromatic carbocycles. The van der Waals surface area contributed by atoms with Crippen molar-refractivity contribution in [3.8, 4) is 5.75 Å². The fourth-order valence-electron chi connectivity index (χ4n) is 1.94. The molecule has 0 aliphatic rings. The van der Waals surface area contributed by atoms with E-state index in [4.69, 9.17) is 9.84 Å². The summed E-state index contributed by atoms with van der Waals surface area (Å²) in [5.41, 5.74) is 0.824. The van der Waals surface area contributed by atoms with Gasteiger partial charge in [-0.1, -0.05) is 29.8 Å². The van der Waals surface area contributed by atoms with Gasteiger partial charge in [0.25, 0.3) is 0 Å². The summed E-state index contributed by atoms with van der Waals surface area (Å²) in [6, 6.07) is 5.57. The number of nitrogens with one attached hydrogen (secondary N) is 1. The van der Waals surface area contributed by atoms with E-state index in [-0.39, 0.29) is 24.5 Å². The molecule has 116 valence electrons. The number of hydrogen-bond donors (Lipinski definition) is 2. The molecule has 0 bridgehead atoms. The van der Waals surface area contributed by atoms with Crippen LogP contribution in [0.2, 0.25) is 0 Å². The number of amides is 1. The summed E-state index contributed by atoms with van der Waals surface area (Å²) in [5.74, 6) is 0.803. The third kappa shape index (κ3) is 5.89. The zero-order valence-electron chi connectivity index (χ0n) is 12.6. The van der Waals surface area contributed by atoms with Gasteiger partial charge in [0.05, 0.1) is 7.11 Å². The van der Waals surface area contributed by atoms with Crippen molar-refractivity contribution >= 4 is 27.9 Å². The van der Waals surface area contributed by atoms with Crippen molar-refractivity contribution < 1.29 is 14.6 Å². The average Bonchev–Trinajstić information content (AvgIpc) is 2.44. The Kier molecular flexibility index (Phi) is 7.47. The first-order valence-electron chi connectivity index (χ1n) is 6.91. The fraction of sp³-hybridized carbons (Fsp3) is 0.438. The van der Waals surface area contributed by atoms with Crippen LogP contribution in [0.3, 0.4) is 0 Å². The molecule has 0 radical (unpaired) electrons. The number of aliphatic hydroxyl groups excluding tert-OH is 1. The summed E-state index contributed by atoms with van der Waals surface area (Å²) in [4.78, 5) is 12.0. The van der Waals surface area contributed by atoms with E-state index in [2.05, 4.69) is 21.2 Å². The van der Waals surface area contributed by atoms with Crippen molar-refractivity contribution in [2.75, 3.05) is 13.7 Å². The van der Waals surface area contributed by atoms with Gasteiger partial charge in [0.1, 0.15) is 5.75 Å². The van der Waals surface area contributed by atoms with E-state index in [0.29, 0.717) is 12.2 Å². The lowest BCUT2D eigenvalue weighted by atomic mass is 10.0. The van der Waals surface area contributed by atoms with E-state index in [1.54, 1.807) is 13.2 Å². The van der Waals surface area contributed by atoms with Gasteiger partial charge in [-0.15, -0.1) is 0 Å². The van der Waals surface area contributed by atoms with Crippen LogP contribution in [0.25, 0.3) is 6.08 Å². The highest BCUT2D eigenvalue weighted by molar-refractivity contribution is 9.10. The SMILES string of the molecule is COc1ccc(Br)cc1/C=C/C(=O)NC(CCO)C(C)C. The van der Waals surface area contributed by atoms with Gasteiger partial charge in [-0.25, -0.2) is 0 Å². The summed E-state index contributed by atoms with van der Waals surface area (Å²) >= 11 is 3.39. The minimum Gasteiger partial charge on any atom is -0.496 e. The topological polar surface area (TPSA) is 58.6 Å². The molecule has 1 unspecified atom stereocenters. The molecule has 2 N–H and O–H groups in total. The van der Waals surface area contributed by atoms with E-state index >= 15 is 0 Å². The second kappa shape index (κ2) is 8.85. The van der Waals surface area contributed by atoms with Crippen LogP contribution in [-0.4, -0.2) is 30.8 Å². The lowest BCUT2D eigenvalue weighted by Gasteiger charge is -2.20. The Morgan fingerprint density at radius 3 is 2.76 bits per heavy atom. The van der Waals surface area contributed by atoms with Gasteiger partial charge in [-0.05, 0) is 36.6 Å². The Morgan fingerprint density at radius 2 is 2.19 bits per heavy atom. The number of halogens is 1. The molecule has 5 heteroatoms. The first-order valence-corrected chi connectivity index (χ1v) is 7.70. The molecule has 4 nitrogen and oxygen atoms in total. The highest BCUT2D eigenvalue weighted by Gasteiger charge is 2.14. The van der Waals surface area contributed by atoms with E-state index < -0.39 is 0 Å². The van der Waals surface area contributed by atoms with Crippen LogP contribution in [0, 0.1) is 5.92 Å². The Balaban J connectivity index is 2.75. The van der Waals surface area contributed by atoms with Gasteiger partial charge in [-0.2, -0.15) is 0 Å². The van der Waals surface area contributed by atoms with Crippen molar-refractivity contribution in [3.05, 3.63) is 34.3 Å². The molecule has 0 aliphatic carbocycles. The molecule has 1 amide bonds. The number of hydrogen-bond acceptors (Lipinski definition) is 3. The summed E-state index contributed by atoms with van der Waals surface area (Å²) in [6.45, 7) is 4.09. The number of benzene rings is 1. The molecule has 0 heterocycles. The van der Waals surface area contributed by atoms with Crippen LogP contribution in [0.1, 0.15) is 25.8 Å². The standard InChI is InChI=1S/C16H22BrNO3/c1-11(2)14(8-9-19)18-16(20)7-4-12-10-13(17)5-6-15(12)21-3/h4-7,10-11,14,19H,8-9H2,1-3H3,(H,18,20)/b7-4+. The van der Waals surface area contributed by atoms with Crippen LogP contribution in [0.5, 0.6) is 5.75 Å². The minimum absolute atomic E-state index is 0.0310. The highest BCUT2D eigenvalue weighted by Crippen LogP contribution is 2.24. The molecule has 1 aromatic rings. The van der Waals surface area contributed by atoms with Gasteiger partial charge in [-0.3, -0.25) is 4.79 Å². The van der Waals surface area contributed by atoms with Crippen LogP contribution in [-0.2, 0) is 4.79 Å². The predicted molar refractivity (Wildman–Crippen MR) is 88.2 cm³/mol. The van der Waals surface area contributed by atoms with E-state index in [9.17, 15) is 4.79 Å². The van der Waals surface area contributed by atoms with Gasteiger partial charge >= 0.3 is 0 Å². The lowest BCUT2D eigenvalue weighted by molar-refractivity contribution is -0.117. The number of carbonyl (C=O) groups is 1. The number of carbonyl (C=O) groups excluding carboxylic acids is 1. The van der Waals surface area contributed by atoms with Crippen molar-refractivity contribution in [2.45, 2.75) is 26.3 Å². The summed E-state index contributed by atoms with van der Waals surface area (Å²) in [7, 11) is 1.59. The lowest BCUT2D eigenvalue weighted by Crippen LogP contribution is -2.38. The highest BCUT2D eigenvalue weighted by atomic mass is 79.9. The third-order valence-corrected chi connectivity index (χ3v) is 3.67. The van der Waals surface area contributed by atoms with E-state index in [0.717, 1.165) is 10.0 Å². The van der Waals surface area contributed by atoms with Gasteiger partial charge in [0.2, 0.25) is 5.91 Å². The molecule has 0 aromatic heterocycles. The Labute approximate surface area is 134 Å². The van der Waals surface area contributed by atoms with Crippen LogP contribution < -0.4 is 10.1 Å². The molecule has 1 atom stereocenters. The molecule has 0 saturated carbocycles. The Hall–Kier alpha value is -1.33. The number of ether oxygens (including phenoxy) is 1. The summed E-state index contributed by atoms with van der Waals surface area (Å²) < 4.78 is 6.17. The van der Waals surface area contributed by atoms with Crippen molar-refractivity contribution in [2.24, 2.45) is 5.92 Å². The molecule has 1 rings (SSSR count). The quantitative estimate of drug-likeness (QED) is 0.739. The van der Waals surface area contributed by atoms with Gasteiger partial charge < -0.3 is 15.2 Å². The fourth-order valence-corrected chi connectivity index (χ4v) is 2.32. The summed E-state index contributed by atoms with van der Waals surface area (Å²) in [6.07, 6.45) is 3.75. The Bertz CT molecular complexity index is 500. The zero-order valence-corrected chi connectivity index (χ0v) is 14.2. The number of rotatable bonds is 7. The first kappa shape index (κ1) is 17.7. The van der Waals surface area contributed by atoms with Gasteiger partial charge in [0.15, 0.2) is 0 Å². The molecule has 21 heavy (non-hydrogen) atoms. The first-order chi connectivity index (χ1) is 9.97. The van der Waals surface area contributed by atoms with E-state index in [1.165, 1.54) is 6.08 Å². The average molecular weight is 356 g/mol. The monoisotopic (exact) mass is 355 g/mol. The molecule has 0 spiro atoms. The smallest absolute Gasteiger partial charge is 0.244 e. The molecular weight excluding hydrogens is 334 g/mol. The summed E-state index contributed by atoms with van der Waals surface area (Å²) in [5, 5.41) is 11.9. The van der Waals surface area contributed by atoms with Crippen molar-refractivity contribution in [3.63, 3.8) is 0 Å². The maximum atomic E-state index is 12.0. The second-order valence-electron chi connectivity index (χ2n) is 5.09. The normalized spacial score (nSPS) is 12.7. The second-order valence-corrected chi connectivity index (χ2v) is 6.01. The van der Waals surface area contributed by atoms with Gasteiger partial charge in [0, 0.05) is 28.8 Å². The maximum Gasteiger partial charge on any atom is 0.244 e. The van der Waals surface area contributed by atoms with Crippen molar-refractivity contribution in [1.82, 2.24) is 5.32 Å². The molecule has 0 saturated heterocycles. The largest absolute Gasteiger partial charge is 0.496 e. The van der Waals surface area contributed by atoms with Crippen LogP contribution in [0.15, 0.2) is 28.7 Å². The molecule has 0 fully saturated rings.